The molecule has 3 heteroatoms. The third-order valence-corrected chi connectivity index (χ3v) is 1.37. The van der Waals surface area contributed by atoms with Crippen LogP contribution in [0.3, 0.4) is 0 Å². The van der Waals surface area contributed by atoms with Crippen LogP contribution in [0.5, 0.6) is 0 Å². The maximum Gasteiger partial charge on any atom is 0.0686 e. The summed E-state index contributed by atoms with van der Waals surface area (Å²) < 4.78 is 10.2. The van der Waals surface area contributed by atoms with E-state index in [2.05, 4.69) is 11.9 Å². The van der Waals surface area contributed by atoms with Gasteiger partial charge in [-0.25, -0.2) is 0 Å². The van der Waals surface area contributed by atoms with Crippen molar-refractivity contribution in [1.82, 2.24) is 5.32 Å². The van der Waals surface area contributed by atoms with Crippen molar-refractivity contribution in [3.8, 4) is 0 Å². The molecule has 0 rings (SSSR count). The maximum atomic E-state index is 5.33. The van der Waals surface area contributed by atoms with Crippen molar-refractivity contribution < 1.29 is 9.47 Å². The van der Waals surface area contributed by atoms with Crippen LogP contribution in [0.1, 0.15) is 6.42 Å². The van der Waals surface area contributed by atoms with Gasteiger partial charge in [0.1, 0.15) is 0 Å². The molecule has 0 unspecified atom stereocenters. The van der Waals surface area contributed by atoms with E-state index in [0.717, 1.165) is 31.8 Å². The quantitative estimate of drug-likeness (QED) is 0.435. The van der Waals surface area contributed by atoms with E-state index in [0.29, 0.717) is 6.61 Å². The summed E-state index contributed by atoms with van der Waals surface area (Å²) in [6.07, 6.45) is 0.948. The van der Waals surface area contributed by atoms with Gasteiger partial charge in [-0.1, -0.05) is 6.58 Å². The highest BCUT2D eigenvalue weighted by atomic mass is 16.5. The molecule has 0 aromatic carbocycles. The van der Waals surface area contributed by atoms with Gasteiger partial charge in [-0.2, -0.15) is 0 Å². The second-order valence-electron chi connectivity index (χ2n) is 2.68. The second-order valence-corrected chi connectivity index (χ2v) is 2.68. The Morgan fingerprint density at radius 1 is 1.42 bits per heavy atom. The average molecular weight is 173 g/mol. The zero-order valence-electron chi connectivity index (χ0n) is 8.06. The molecule has 0 amide bonds. The average Bonchev–Trinajstić information content (AvgIpc) is 2.05. The predicted octanol–water partition coefficient (Wildman–Crippen LogP) is 0.815. The topological polar surface area (TPSA) is 30.5 Å². The van der Waals surface area contributed by atoms with Crippen molar-refractivity contribution in [2.24, 2.45) is 0 Å². The Morgan fingerprint density at radius 3 is 2.75 bits per heavy atom. The van der Waals surface area contributed by atoms with Crippen LogP contribution in [0, 0.1) is 0 Å². The molecule has 0 aromatic heterocycles. The van der Waals surface area contributed by atoms with E-state index in [1.54, 1.807) is 7.11 Å². The van der Waals surface area contributed by atoms with Gasteiger partial charge >= 0.3 is 0 Å². The number of hydrogen-bond acceptors (Lipinski definition) is 3. The van der Waals surface area contributed by atoms with Gasteiger partial charge in [-0.15, -0.1) is 0 Å². The Balaban J connectivity index is 3.03. The van der Waals surface area contributed by atoms with Gasteiger partial charge in [0.25, 0.3) is 0 Å². The molecule has 72 valence electrons. The van der Waals surface area contributed by atoms with Crippen LogP contribution in [-0.4, -0.2) is 40.5 Å². The van der Waals surface area contributed by atoms with Crippen molar-refractivity contribution in [2.45, 2.75) is 6.42 Å². The molecule has 12 heavy (non-hydrogen) atoms. The number of nitrogens with one attached hydrogen (secondary N) is 1. The second kappa shape index (κ2) is 8.71. The number of hydrogen-bond donors (Lipinski definition) is 1. The third-order valence-electron chi connectivity index (χ3n) is 1.37. The molecule has 0 aliphatic heterocycles. The largest absolute Gasteiger partial charge is 0.385 e. The van der Waals surface area contributed by atoms with Crippen molar-refractivity contribution in [3.05, 3.63) is 12.2 Å². The summed E-state index contributed by atoms with van der Waals surface area (Å²) in [5, 5.41) is 3.02. The first-order chi connectivity index (χ1) is 5.81. The highest BCUT2D eigenvalue weighted by Gasteiger charge is 1.92. The molecule has 3 nitrogen and oxygen atoms in total. The van der Waals surface area contributed by atoms with Gasteiger partial charge in [0.15, 0.2) is 0 Å². The predicted molar refractivity (Wildman–Crippen MR) is 50.4 cm³/mol. The molecule has 0 saturated heterocycles. The van der Waals surface area contributed by atoms with Crippen molar-refractivity contribution in [3.63, 3.8) is 0 Å². The molecule has 0 radical (unpaired) electrons. The fourth-order valence-corrected chi connectivity index (χ4v) is 0.823. The minimum atomic E-state index is 0.643. The van der Waals surface area contributed by atoms with Crippen molar-refractivity contribution in [1.29, 1.82) is 0 Å². The molecule has 0 aliphatic rings. The zero-order chi connectivity index (χ0) is 9.23. The normalized spacial score (nSPS) is 10.2. The summed E-state index contributed by atoms with van der Waals surface area (Å²) in [7, 11) is 3.59. The smallest absolute Gasteiger partial charge is 0.0686 e. The summed E-state index contributed by atoms with van der Waals surface area (Å²) in [5.74, 6) is 0. The van der Waals surface area contributed by atoms with Crippen LogP contribution >= 0.6 is 0 Å². The lowest BCUT2D eigenvalue weighted by Gasteiger charge is -2.05. The fraction of sp³-hybridized carbons (Fsp3) is 0.778. The molecule has 0 bridgehead atoms. The third kappa shape index (κ3) is 7.72. The molecular formula is C9H19NO2. The molecule has 0 fully saturated rings. The lowest BCUT2D eigenvalue weighted by molar-refractivity contribution is 0.116. The monoisotopic (exact) mass is 173 g/mol. The molecule has 0 aromatic rings. The van der Waals surface area contributed by atoms with E-state index in [4.69, 9.17) is 9.47 Å². The van der Waals surface area contributed by atoms with Crippen molar-refractivity contribution in [2.75, 3.05) is 40.5 Å². The first-order valence-electron chi connectivity index (χ1n) is 4.19. The minimum absolute atomic E-state index is 0.643. The van der Waals surface area contributed by atoms with E-state index in [1.165, 1.54) is 0 Å². The van der Waals surface area contributed by atoms with E-state index in [1.807, 2.05) is 7.05 Å². The summed E-state index contributed by atoms with van der Waals surface area (Å²) in [4.78, 5) is 0. The van der Waals surface area contributed by atoms with E-state index >= 15 is 0 Å². The van der Waals surface area contributed by atoms with Crippen LogP contribution in [0.15, 0.2) is 12.2 Å². The van der Waals surface area contributed by atoms with Crippen molar-refractivity contribution >= 4 is 0 Å². The molecule has 0 atom stereocenters. The van der Waals surface area contributed by atoms with Gasteiger partial charge in [0.05, 0.1) is 6.61 Å². The summed E-state index contributed by atoms with van der Waals surface area (Å²) in [6, 6.07) is 0. The molecule has 1 N–H and O–H groups in total. The van der Waals surface area contributed by atoms with E-state index in [9.17, 15) is 0 Å². The van der Waals surface area contributed by atoms with Gasteiger partial charge in [-0.3, -0.25) is 0 Å². The number of likely N-dealkylation sites (N-methyl/N-ethyl adjacent to an activating group) is 1. The highest BCUT2D eigenvalue weighted by Crippen LogP contribution is 1.90. The van der Waals surface area contributed by atoms with Gasteiger partial charge < -0.3 is 14.8 Å². The van der Waals surface area contributed by atoms with Crippen LogP contribution in [0.4, 0.5) is 0 Å². The molecule has 0 aliphatic carbocycles. The molecular weight excluding hydrogens is 154 g/mol. The molecule has 0 saturated carbocycles. The number of methoxy groups -OCH3 is 1. The van der Waals surface area contributed by atoms with E-state index in [-0.39, 0.29) is 0 Å². The summed E-state index contributed by atoms with van der Waals surface area (Å²) in [6.45, 7) is 6.82. The Bertz CT molecular complexity index is 115. The van der Waals surface area contributed by atoms with Crippen LogP contribution in [-0.2, 0) is 9.47 Å². The highest BCUT2D eigenvalue weighted by molar-refractivity contribution is 4.96. The lowest BCUT2D eigenvalue weighted by atomic mass is 10.3. The van der Waals surface area contributed by atoms with Crippen LogP contribution in [0.25, 0.3) is 0 Å². The van der Waals surface area contributed by atoms with Crippen LogP contribution in [0.2, 0.25) is 0 Å². The zero-order valence-corrected chi connectivity index (χ0v) is 8.06. The molecule has 0 spiro atoms. The van der Waals surface area contributed by atoms with Gasteiger partial charge in [0.2, 0.25) is 0 Å². The van der Waals surface area contributed by atoms with Gasteiger partial charge in [0, 0.05) is 26.9 Å². The Morgan fingerprint density at radius 2 is 2.17 bits per heavy atom. The summed E-state index contributed by atoms with van der Waals surface area (Å²) in [5.41, 5.74) is 1.08. The Labute approximate surface area is 74.7 Å². The fourth-order valence-electron chi connectivity index (χ4n) is 0.823. The lowest BCUT2D eigenvalue weighted by Crippen LogP contribution is -2.13. The first-order valence-corrected chi connectivity index (χ1v) is 4.19. The standard InChI is InChI=1S/C9H19NO2/c1-9(7-10-2)8-12-6-4-5-11-3/h10H,1,4-8H2,2-3H3. The number of rotatable bonds is 8. The maximum absolute atomic E-state index is 5.33. The number of ether oxygens (including phenoxy) is 2. The molecule has 0 heterocycles. The van der Waals surface area contributed by atoms with Crippen LogP contribution < -0.4 is 5.32 Å². The first kappa shape index (κ1) is 11.6. The van der Waals surface area contributed by atoms with Gasteiger partial charge in [-0.05, 0) is 19.0 Å². The Kier molecular flexibility index (Phi) is 8.44. The Hall–Kier alpha value is -0.380. The van der Waals surface area contributed by atoms with E-state index < -0.39 is 0 Å². The SMILES string of the molecule is C=C(CNC)COCCCOC. The minimum Gasteiger partial charge on any atom is -0.385 e. The summed E-state index contributed by atoms with van der Waals surface area (Å²) >= 11 is 0.